The van der Waals surface area contributed by atoms with E-state index in [2.05, 4.69) is 57.4 Å². The van der Waals surface area contributed by atoms with Gasteiger partial charge in [-0.3, -0.25) is 0 Å². The topological polar surface area (TPSA) is 68.7 Å². The van der Waals surface area contributed by atoms with Gasteiger partial charge in [-0.1, -0.05) is 30.3 Å². The number of anilines is 3. The minimum Gasteiger partial charge on any atom is -0.492 e. The molecule has 0 atom stereocenters. The lowest BCUT2D eigenvalue weighted by molar-refractivity contribution is 0.122. The van der Waals surface area contributed by atoms with E-state index in [4.69, 9.17) is 14.2 Å². The first-order valence-electron chi connectivity index (χ1n) is 12.0. The SMILES string of the molecule is CCOc1cc(N2CCOCC2)c(OCC)cc1Nc1ncnc2sc(C)c(-c3ccccc3)c12. The first-order valence-corrected chi connectivity index (χ1v) is 12.8. The summed E-state index contributed by atoms with van der Waals surface area (Å²) in [7, 11) is 0. The number of nitrogens with one attached hydrogen (secondary N) is 1. The average Bonchev–Trinajstić information content (AvgIpc) is 3.23. The second-order valence-electron chi connectivity index (χ2n) is 8.21. The number of nitrogens with zero attached hydrogens (tertiary/aromatic N) is 3. The van der Waals surface area contributed by atoms with Crippen LogP contribution < -0.4 is 19.7 Å². The van der Waals surface area contributed by atoms with Crippen LogP contribution in [-0.4, -0.2) is 49.5 Å². The maximum atomic E-state index is 6.09. The lowest BCUT2D eigenvalue weighted by atomic mass is 10.0. The fourth-order valence-corrected chi connectivity index (χ4v) is 5.48. The van der Waals surface area contributed by atoms with Crippen LogP contribution in [0.5, 0.6) is 11.5 Å². The molecule has 1 N–H and O–H groups in total. The zero-order chi connectivity index (χ0) is 24.2. The Bertz CT molecular complexity index is 1300. The number of fused-ring (bicyclic) bond motifs is 1. The van der Waals surface area contributed by atoms with Crippen molar-refractivity contribution in [1.29, 1.82) is 0 Å². The molecular weight excluding hydrogens is 460 g/mol. The van der Waals surface area contributed by atoms with E-state index < -0.39 is 0 Å². The van der Waals surface area contributed by atoms with Gasteiger partial charge in [-0.15, -0.1) is 11.3 Å². The van der Waals surface area contributed by atoms with E-state index in [0.29, 0.717) is 26.4 Å². The molecular formula is C27H30N4O3S. The van der Waals surface area contributed by atoms with Crippen LogP contribution in [0, 0.1) is 6.92 Å². The Balaban J connectivity index is 1.61. The Labute approximate surface area is 209 Å². The van der Waals surface area contributed by atoms with Crippen molar-refractivity contribution in [2.75, 3.05) is 49.7 Å². The van der Waals surface area contributed by atoms with Crippen LogP contribution in [0.1, 0.15) is 18.7 Å². The van der Waals surface area contributed by atoms with Crippen molar-refractivity contribution in [3.8, 4) is 22.6 Å². The molecule has 7 nitrogen and oxygen atoms in total. The van der Waals surface area contributed by atoms with E-state index >= 15 is 0 Å². The number of rotatable bonds is 8. The van der Waals surface area contributed by atoms with E-state index in [9.17, 15) is 0 Å². The van der Waals surface area contributed by atoms with Crippen molar-refractivity contribution < 1.29 is 14.2 Å². The van der Waals surface area contributed by atoms with Crippen LogP contribution in [0.15, 0.2) is 48.8 Å². The molecule has 0 aliphatic carbocycles. The molecule has 8 heteroatoms. The lowest BCUT2D eigenvalue weighted by Gasteiger charge is -2.31. The zero-order valence-corrected chi connectivity index (χ0v) is 21.2. The van der Waals surface area contributed by atoms with E-state index in [1.807, 2.05) is 26.0 Å². The Morgan fingerprint density at radius 3 is 2.49 bits per heavy atom. The van der Waals surface area contributed by atoms with Gasteiger partial charge >= 0.3 is 0 Å². The van der Waals surface area contributed by atoms with Gasteiger partial charge in [0.25, 0.3) is 0 Å². The molecule has 0 amide bonds. The zero-order valence-electron chi connectivity index (χ0n) is 20.3. The third-order valence-electron chi connectivity index (χ3n) is 5.99. The molecule has 182 valence electrons. The molecule has 5 rings (SSSR count). The van der Waals surface area contributed by atoms with Crippen molar-refractivity contribution in [2.45, 2.75) is 20.8 Å². The van der Waals surface area contributed by atoms with Crippen molar-refractivity contribution in [1.82, 2.24) is 9.97 Å². The molecule has 3 heterocycles. The highest BCUT2D eigenvalue weighted by molar-refractivity contribution is 7.19. The minimum atomic E-state index is 0.553. The monoisotopic (exact) mass is 490 g/mol. The Morgan fingerprint density at radius 1 is 1.00 bits per heavy atom. The number of hydrogen-bond donors (Lipinski definition) is 1. The van der Waals surface area contributed by atoms with Gasteiger partial charge in [-0.05, 0) is 26.3 Å². The molecule has 0 spiro atoms. The molecule has 1 aliphatic rings. The summed E-state index contributed by atoms with van der Waals surface area (Å²) >= 11 is 1.68. The lowest BCUT2D eigenvalue weighted by Crippen LogP contribution is -2.36. The van der Waals surface area contributed by atoms with Gasteiger partial charge in [0, 0.05) is 35.7 Å². The number of ether oxygens (including phenoxy) is 3. The molecule has 1 fully saturated rings. The van der Waals surface area contributed by atoms with Crippen LogP contribution in [0.2, 0.25) is 0 Å². The molecule has 0 saturated carbocycles. The predicted octanol–water partition coefficient (Wildman–Crippen LogP) is 6.04. The predicted molar refractivity (Wildman–Crippen MR) is 143 cm³/mol. The first-order chi connectivity index (χ1) is 17.2. The fraction of sp³-hybridized carbons (Fsp3) is 0.333. The third kappa shape index (κ3) is 4.76. The molecule has 35 heavy (non-hydrogen) atoms. The van der Waals surface area contributed by atoms with Gasteiger partial charge in [0.2, 0.25) is 0 Å². The number of morpholine rings is 1. The highest BCUT2D eigenvalue weighted by atomic mass is 32.1. The van der Waals surface area contributed by atoms with Crippen molar-refractivity contribution in [3.63, 3.8) is 0 Å². The molecule has 0 radical (unpaired) electrons. The molecule has 1 aliphatic heterocycles. The van der Waals surface area contributed by atoms with Crippen LogP contribution >= 0.6 is 11.3 Å². The molecule has 0 unspecified atom stereocenters. The van der Waals surface area contributed by atoms with Crippen LogP contribution in [0.3, 0.4) is 0 Å². The minimum absolute atomic E-state index is 0.553. The molecule has 4 aromatic rings. The summed E-state index contributed by atoms with van der Waals surface area (Å²) < 4.78 is 17.7. The Hall–Kier alpha value is -3.36. The third-order valence-corrected chi connectivity index (χ3v) is 7.01. The number of hydrogen-bond acceptors (Lipinski definition) is 8. The van der Waals surface area contributed by atoms with Gasteiger partial charge in [0.15, 0.2) is 0 Å². The average molecular weight is 491 g/mol. The number of aromatic nitrogens is 2. The highest BCUT2D eigenvalue weighted by Crippen LogP contribution is 2.44. The smallest absolute Gasteiger partial charge is 0.145 e. The van der Waals surface area contributed by atoms with Gasteiger partial charge < -0.3 is 24.4 Å². The second kappa shape index (κ2) is 10.5. The Morgan fingerprint density at radius 2 is 1.74 bits per heavy atom. The van der Waals surface area contributed by atoms with E-state index in [-0.39, 0.29) is 0 Å². The van der Waals surface area contributed by atoms with E-state index in [0.717, 1.165) is 63.1 Å². The standard InChI is InChI=1S/C27H30N4O3S/c1-4-33-22-16-21(31-11-13-32-14-12-31)23(34-5-2)15-20(22)30-26-25-24(19-9-7-6-8-10-19)18(3)35-27(25)29-17-28-26/h6-10,15-17H,4-5,11-14H2,1-3H3,(H,28,29,30). The normalized spacial score (nSPS) is 13.7. The van der Waals surface area contributed by atoms with E-state index in [1.165, 1.54) is 4.88 Å². The maximum Gasteiger partial charge on any atom is 0.145 e. The number of aryl methyl sites for hydroxylation is 1. The summed E-state index contributed by atoms with van der Waals surface area (Å²) in [6.45, 7) is 10.3. The van der Waals surface area contributed by atoms with Gasteiger partial charge in [0.1, 0.15) is 28.5 Å². The van der Waals surface area contributed by atoms with Crippen molar-refractivity contribution in [3.05, 3.63) is 53.7 Å². The highest BCUT2D eigenvalue weighted by Gasteiger charge is 2.22. The largest absolute Gasteiger partial charge is 0.492 e. The van der Waals surface area contributed by atoms with Gasteiger partial charge in [-0.2, -0.15) is 0 Å². The molecule has 1 saturated heterocycles. The summed E-state index contributed by atoms with van der Waals surface area (Å²) in [5.74, 6) is 2.33. The van der Waals surface area contributed by atoms with Gasteiger partial charge in [-0.25, -0.2) is 9.97 Å². The molecule has 2 aromatic heterocycles. The summed E-state index contributed by atoms with van der Waals surface area (Å²) in [6, 6.07) is 14.5. The fourth-order valence-electron chi connectivity index (χ4n) is 4.46. The van der Waals surface area contributed by atoms with Crippen LogP contribution in [0.4, 0.5) is 17.2 Å². The Kier molecular flexibility index (Phi) is 7.01. The van der Waals surface area contributed by atoms with Crippen molar-refractivity contribution >= 4 is 38.7 Å². The van der Waals surface area contributed by atoms with Crippen molar-refractivity contribution in [2.24, 2.45) is 0 Å². The first kappa shape index (κ1) is 23.4. The summed E-state index contributed by atoms with van der Waals surface area (Å²) in [5, 5.41) is 4.57. The van der Waals surface area contributed by atoms with Crippen LogP contribution in [0.25, 0.3) is 21.3 Å². The van der Waals surface area contributed by atoms with Crippen LogP contribution in [-0.2, 0) is 4.74 Å². The maximum absolute atomic E-state index is 6.09. The van der Waals surface area contributed by atoms with Gasteiger partial charge in [0.05, 0.1) is 43.2 Å². The molecule has 2 aromatic carbocycles. The molecule has 0 bridgehead atoms. The summed E-state index contributed by atoms with van der Waals surface area (Å²) in [5.41, 5.74) is 4.14. The second-order valence-corrected chi connectivity index (χ2v) is 9.41. The summed E-state index contributed by atoms with van der Waals surface area (Å²) in [6.07, 6.45) is 1.61. The van der Waals surface area contributed by atoms with E-state index in [1.54, 1.807) is 17.7 Å². The quantitative estimate of drug-likeness (QED) is 0.323. The number of benzene rings is 2. The number of thiophene rings is 1. The summed E-state index contributed by atoms with van der Waals surface area (Å²) in [4.78, 5) is 13.7.